The van der Waals surface area contributed by atoms with E-state index >= 15 is 0 Å². The van der Waals surface area contributed by atoms with Gasteiger partial charge >= 0.3 is 0 Å². The lowest BCUT2D eigenvalue weighted by atomic mass is 9.99. The first kappa shape index (κ1) is 20.7. The molecule has 0 saturated carbocycles. The van der Waals surface area contributed by atoms with Crippen LogP contribution in [-0.2, 0) is 13.0 Å². The fourth-order valence-electron chi connectivity index (χ4n) is 4.25. The van der Waals surface area contributed by atoms with Crippen LogP contribution >= 0.6 is 0 Å². The summed E-state index contributed by atoms with van der Waals surface area (Å²) in [6, 6.07) is 4.76. The number of hydrogen-bond donors (Lipinski definition) is 2. The van der Waals surface area contributed by atoms with Crippen molar-refractivity contribution in [1.82, 2.24) is 15.1 Å². The van der Waals surface area contributed by atoms with E-state index in [2.05, 4.69) is 39.2 Å². The van der Waals surface area contributed by atoms with E-state index in [1.165, 1.54) is 30.5 Å². The summed E-state index contributed by atoms with van der Waals surface area (Å²) in [5.74, 6) is 2.17. The van der Waals surface area contributed by atoms with Crippen LogP contribution in [0.2, 0.25) is 0 Å². The molecule has 3 N–H and O–H groups in total. The van der Waals surface area contributed by atoms with Gasteiger partial charge < -0.3 is 20.5 Å². The summed E-state index contributed by atoms with van der Waals surface area (Å²) in [6.45, 7) is 9.00. The van der Waals surface area contributed by atoms with Crippen molar-refractivity contribution in [3.05, 3.63) is 23.3 Å². The highest BCUT2D eigenvalue weighted by Crippen LogP contribution is 2.33. The molecular formula is C21H35N5O2. The molecule has 0 amide bonds. The molecule has 1 unspecified atom stereocenters. The van der Waals surface area contributed by atoms with Crippen molar-refractivity contribution < 1.29 is 9.47 Å². The average molecular weight is 390 g/mol. The first-order valence-corrected chi connectivity index (χ1v) is 10.4. The monoisotopic (exact) mass is 389 g/mol. The highest BCUT2D eigenvalue weighted by Gasteiger charge is 2.22. The van der Waals surface area contributed by atoms with E-state index in [9.17, 15) is 0 Å². The van der Waals surface area contributed by atoms with Gasteiger partial charge in [-0.25, -0.2) is 0 Å². The Morgan fingerprint density at radius 1 is 1.21 bits per heavy atom. The van der Waals surface area contributed by atoms with Crippen LogP contribution in [0.5, 0.6) is 11.5 Å². The fourth-order valence-corrected chi connectivity index (χ4v) is 4.25. The molecule has 1 saturated heterocycles. The zero-order valence-electron chi connectivity index (χ0n) is 17.5. The molecule has 0 aliphatic carbocycles. The van der Waals surface area contributed by atoms with Gasteiger partial charge in [-0.05, 0) is 55.6 Å². The van der Waals surface area contributed by atoms with Gasteiger partial charge in [-0.1, -0.05) is 6.92 Å². The summed E-state index contributed by atoms with van der Waals surface area (Å²) in [5.41, 5.74) is 8.73. The number of hydrogen-bond acceptors (Lipinski definition) is 5. The number of likely N-dealkylation sites (N-methyl/N-ethyl adjacent to an activating group) is 1. The van der Waals surface area contributed by atoms with Crippen molar-refractivity contribution in [3.8, 4) is 11.5 Å². The zero-order chi connectivity index (χ0) is 19.9. The topological polar surface area (TPSA) is 75.4 Å². The molecule has 1 aromatic carbocycles. The summed E-state index contributed by atoms with van der Waals surface area (Å²) in [6.07, 6.45) is 3.52. The van der Waals surface area contributed by atoms with Gasteiger partial charge in [-0.15, -0.1) is 0 Å². The van der Waals surface area contributed by atoms with Gasteiger partial charge in [0.1, 0.15) is 0 Å². The van der Waals surface area contributed by atoms with Crippen LogP contribution in [0, 0.1) is 0 Å². The highest BCUT2D eigenvalue weighted by molar-refractivity contribution is 5.77. The molecule has 0 aromatic heterocycles. The van der Waals surface area contributed by atoms with E-state index in [0.717, 1.165) is 57.2 Å². The fraction of sp³-hybridized carbons (Fsp3) is 0.667. The number of aliphatic imine (C=N–C) groups is 1. The number of guanidine groups is 1. The van der Waals surface area contributed by atoms with Crippen LogP contribution in [0.4, 0.5) is 0 Å². The second-order valence-corrected chi connectivity index (χ2v) is 7.58. The van der Waals surface area contributed by atoms with Gasteiger partial charge in [-0.2, -0.15) is 0 Å². The maximum atomic E-state index is 6.07. The molecule has 2 heterocycles. The van der Waals surface area contributed by atoms with Crippen molar-refractivity contribution in [3.63, 3.8) is 0 Å². The molecule has 7 nitrogen and oxygen atoms in total. The van der Waals surface area contributed by atoms with Crippen molar-refractivity contribution in [2.45, 2.75) is 38.8 Å². The number of fused-ring (bicyclic) bond motifs is 1. The molecule has 7 heteroatoms. The molecule has 2 aliphatic rings. The lowest BCUT2D eigenvalue weighted by Gasteiger charge is -2.29. The maximum Gasteiger partial charge on any atom is 0.188 e. The van der Waals surface area contributed by atoms with E-state index in [1.807, 2.05) is 0 Å². The Morgan fingerprint density at radius 2 is 1.96 bits per heavy atom. The number of likely N-dealkylation sites (tertiary alicyclic amines) is 1. The summed E-state index contributed by atoms with van der Waals surface area (Å²) < 4.78 is 10.9. The minimum atomic E-state index is 0.552. The van der Waals surface area contributed by atoms with E-state index < -0.39 is 0 Å². The number of nitrogens with two attached hydrogens (primary N) is 1. The Balaban J connectivity index is 1.45. The summed E-state index contributed by atoms with van der Waals surface area (Å²) in [4.78, 5) is 9.48. The molecule has 2 aliphatic heterocycles. The number of rotatable bonds is 8. The second kappa shape index (κ2) is 9.98. The molecule has 156 valence electrons. The predicted octanol–water partition coefficient (Wildman–Crippen LogP) is 1.45. The number of ether oxygens (including phenoxy) is 2. The first-order valence-electron chi connectivity index (χ1n) is 10.4. The molecule has 0 spiro atoms. The normalized spacial score (nSPS) is 20.8. The smallest absolute Gasteiger partial charge is 0.188 e. The van der Waals surface area contributed by atoms with E-state index in [-0.39, 0.29) is 0 Å². The van der Waals surface area contributed by atoms with Crippen LogP contribution in [0.3, 0.4) is 0 Å². The molecule has 3 rings (SSSR count). The lowest BCUT2D eigenvalue weighted by Crippen LogP contribution is -2.41. The summed E-state index contributed by atoms with van der Waals surface area (Å²) >= 11 is 0. The number of nitrogens with one attached hydrogen (secondary N) is 1. The van der Waals surface area contributed by atoms with Crippen LogP contribution in [-0.4, -0.2) is 75.3 Å². The number of methoxy groups -OCH3 is 2. The Kier molecular flexibility index (Phi) is 7.39. The van der Waals surface area contributed by atoms with Crippen LogP contribution in [0.1, 0.15) is 30.9 Å². The standard InChI is InChI=1S/C21H35N5O2/c1-4-26-9-5-6-18(26)14-24-21(22)23-8-11-25-10-7-16-12-19(27-2)20(28-3)13-17(16)15-25/h12-13,18H,4-11,14-15H2,1-3H3,(H3,22,23,24). The quantitative estimate of drug-likeness (QED) is 0.518. The van der Waals surface area contributed by atoms with Gasteiger partial charge in [0.25, 0.3) is 0 Å². The van der Waals surface area contributed by atoms with Crippen molar-refractivity contribution in [1.29, 1.82) is 0 Å². The SMILES string of the molecule is CCN1CCCC1CN=C(N)NCCN1CCc2cc(OC)c(OC)cc2C1. The number of benzene rings is 1. The van der Waals surface area contributed by atoms with Crippen LogP contribution in [0.15, 0.2) is 17.1 Å². The van der Waals surface area contributed by atoms with Crippen LogP contribution < -0.4 is 20.5 Å². The van der Waals surface area contributed by atoms with Crippen LogP contribution in [0.25, 0.3) is 0 Å². The molecule has 1 aromatic rings. The Labute approximate surface area is 168 Å². The molecular weight excluding hydrogens is 354 g/mol. The van der Waals surface area contributed by atoms with Gasteiger partial charge in [0, 0.05) is 32.2 Å². The largest absolute Gasteiger partial charge is 0.493 e. The lowest BCUT2D eigenvalue weighted by molar-refractivity contribution is 0.256. The van der Waals surface area contributed by atoms with Gasteiger partial charge in [0.2, 0.25) is 0 Å². The van der Waals surface area contributed by atoms with E-state index in [4.69, 9.17) is 15.2 Å². The van der Waals surface area contributed by atoms with Crippen molar-refractivity contribution in [2.24, 2.45) is 10.7 Å². The van der Waals surface area contributed by atoms with Gasteiger partial charge in [-0.3, -0.25) is 14.8 Å². The molecule has 1 atom stereocenters. The average Bonchev–Trinajstić information content (AvgIpc) is 3.18. The first-order chi connectivity index (χ1) is 13.6. The highest BCUT2D eigenvalue weighted by atomic mass is 16.5. The maximum absolute atomic E-state index is 6.07. The minimum absolute atomic E-state index is 0.552. The Morgan fingerprint density at radius 3 is 2.68 bits per heavy atom. The Hall–Kier alpha value is -1.99. The van der Waals surface area contributed by atoms with Gasteiger partial charge in [0.05, 0.1) is 20.8 Å². The zero-order valence-corrected chi connectivity index (χ0v) is 17.5. The summed E-state index contributed by atoms with van der Waals surface area (Å²) in [7, 11) is 3.37. The van der Waals surface area contributed by atoms with E-state index in [1.54, 1.807) is 14.2 Å². The Bertz CT molecular complexity index is 679. The third-order valence-electron chi connectivity index (χ3n) is 5.91. The van der Waals surface area contributed by atoms with Crippen molar-refractivity contribution >= 4 is 5.96 Å². The third kappa shape index (κ3) is 5.08. The predicted molar refractivity (Wildman–Crippen MR) is 113 cm³/mol. The third-order valence-corrected chi connectivity index (χ3v) is 5.91. The van der Waals surface area contributed by atoms with E-state index in [0.29, 0.717) is 12.0 Å². The molecule has 1 fully saturated rings. The number of nitrogens with zero attached hydrogens (tertiary/aromatic N) is 3. The van der Waals surface area contributed by atoms with Crippen molar-refractivity contribution in [2.75, 3.05) is 53.5 Å². The molecule has 0 bridgehead atoms. The second-order valence-electron chi connectivity index (χ2n) is 7.58. The van der Waals surface area contributed by atoms with Gasteiger partial charge in [0.15, 0.2) is 17.5 Å². The molecule has 0 radical (unpaired) electrons. The minimum Gasteiger partial charge on any atom is -0.493 e. The summed E-state index contributed by atoms with van der Waals surface area (Å²) in [5, 5.41) is 3.27. The molecule has 28 heavy (non-hydrogen) atoms.